The van der Waals surface area contributed by atoms with E-state index in [1.807, 2.05) is 30.3 Å². The largest absolute Gasteiger partial charge is 0.496 e. The molecule has 108 valence electrons. The highest BCUT2D eigenvalue weighted by Gasteiger charge is 2.17. The maximum atomic E-state index is 5.49. The van der Waals surface area contributed by atoms with E-state index in [2.05, 4.69) is 11.1 Å². The first-order chi connectivity index (χ1) is 10.8. The molecule has 0 radical (unpaired) electrons. The summed E-state index contributed by atoms with van der Waals surface area (Å²) in [5.74, 6) is 2.35. The molecule has 0 spiro atoms. The van der Waals surface area contributed by atoms with E-state index in [0.717, 1.165) is 50.1 Å². The van der Waals surface area contributed by atoms with E-state index in [9.17, 15) is 0 Å². The van der Waals surface area contributed by atoms with Crippen molar-refractivity contribution in [3.05, 3.63) is 36.4 Å². The van der Waals surface area contributed by atoms with E-state index >= 15 is 0 Å². The van der Waals surface area contributed by atoms with Crippen molar-refractivity contribution in [3.63, 3.8) is 0 Å². The zero-order chi connectivity index (χ0) is 14.7. The quantitative estimate of drug-likeness (QED) is 0.582. The van der Waals surface area contributed by atoms with Gasteiger partial charge in [-0.1, -0.05) is 6.07 Å². The number of rotatable bonds is 1. The minimum atomic E-state index is 0.264. The average Bonchev–Trinajstić information content (AvgIpc) is 3.13. The molecule has 5 rings (SSSR count). The van der Waals surface area contributed by atoms with Crippen molar-refractivity contribution in [2.24, 2.45) is 0 Å². The number of aromatic amines is 1. The molecular weight excluding hydrogens is 280 g/mol. The Morgan fingerprint density at radius 1 is 1.14 bits per heavy atom. The second kappa shape index (κ2) is 4.04. The highest BCUT2D eigenvalue weighted by Crippen LogP contribution is 2.38. The lowest BCUT2D eigenvalue weighted by Gasteiger charge is -2.03. The molecule has 0 amide bonds. The molecule has 2 aromatic carbocycles. The van der Waals surface area contributed by atoms with Crippen LogP contribution in [0, 0.1) is 0 Å². The first kappa shape index (κ1) is 11.7. The van der Waals surface area contributed by atoms with Crippen molar-refractivity contribution in [1.29, 1.82) is 0 Å². The third-order valence-corrected chi connectivity index (χ3v) is 4.08. The molecule has 5 heteroatoms. The molecule has 3 heterocycles. The highest BCUT2D eigenvalue weighted by atomic mass is 16.7. The summed E-state index contributed by atoms with van der Waals surface area (Å²) >= 11 is 0. The topological polar surface area (TPSA) is 56.4 Å². The number of ether oxygens (including phenoxy) is 3. The molecule has 0 fully saturated rings. The van der Waals surface area contributed by atoms with Crippen LogP contribution >= 0.6 is 0 Å². The van der Waals surface area contributed by atoms with E-state index in [0.29, 0.717) is 0 Å². The van der Waals surface area contributed by atoms with E-state index in [1.165, 1.54) is 0 Å². The van der Waals surface area contributed by atoms with Crippen LogP contribution in [0.1, 0.15) is 0 Å². The SMILES string of the molecule is COc1cccc2[nH]c3nc4cc5c(cc4cc3c12)OCO5. The Labute approximate surface area is 125 Å². The van der Waals surface area contributed by atoms with Gasteiger partial charge in [0.25, 0.3) is 0 Å². The fraction of sp³-hybridized carbons (Fsp3) is 0.118. The van der Waals surface area contributed by atoms with Crippen molar-refractivity contribution in [1.82, 2.24) is 9.97 Å². The first-order valence-electron chi connectivity index (χ1n) is 7.02. The lowest BCUT2D eigenvalue weighted by molar-refractivity contribution is 0.174. The van der Waals surface area contributed by atoms with Gasteiger partial charge in [-0.15, -0.1) is 0 Å². The Balaban J connectivity index is 1.92. The minimum absolute atomic E-state index is 0.264. The van der Waals surface area contributed by atoms with E-state index in [4.69, 9.17) is 19.2 Å². The Bertz CT molecular complexity index is 1050. The number of benzene rings is 2. The Morgan fingerprint density at radius 3 is 2.86 bits per heavy atom. The van der Waals surface area contributed by atoms with E-state index < -0.39 is 0 Å². The zero-order valence-corrected chi connectivity index (χ0v) is 11.8. The number of fused-ring (bicyclic) bond motifs is 5. The predicted molar refractivity (Wildman–Crippen MR) is 83.8 cm³/mol. The maximum Gasteiger partial charge on any atom is 0.231 e. The molecule has 1 N–H and O–H groups in total. The number of pyridine rings is 1. The number of methoxy groups -OCH3 is 1. The van der Waals surface area contributed by atoms with Gasteiger partial charge in [-0.25, -0.2) is 4.98 Å². The van der Waals surface area contributed by atoms with Crippen molar-refractivity contribution in [2.75, 3.05) is 13.9 Å². The van der Waals surface area contributed by atoms with Crippen LogP contribution in [0.4, 0.5) is 0 Å². The summed E-state index contributed by atoms with van der Waals surface area (Å²) in [6.45, 7) is 0.264. The summed E-state index contributed by atoms with van der Waals surface area (Å²) in [6.07, 6.45) is 0. The molecule has 2 aromatic heterocycles. The lowest BCUT2D eigenvalue weighted by atomic mass is 10.1. The van der Waals surface area contributed by atoms with Gasteiger partial charge in [0.1, 0.15) is 11.4 Å². The molecule has 0 saturated heterocycles. The van der Waals surface area contributed by atoms with Gasteiger partial charge in [0.2, 0.25) is 6.79 Å². The van der Waals surface area contributed by atoms with Gasteiger partial charge in [-0.05, 0) is 24.3 Å². The van der Waals surface area contributed by atoms with Gasteiger partial charge in [-0.2, -0.15) is 0 Å². The molecule has 22 heavy (non-hydrogen) atoms. The smallest absolute Gasteiger partial charge is 0.231 e. The van der Waals surface area contributed by atoms with Gasteiger partial charge in [0.05, 0.1) is 23.5 Å². The average molecular weight is 292 g/mol. The van der Waals surface area contributed by atoms with Crippen LogP contribution < -0.4 is 14.2 Å². The molecular formula is C17H12N2O3. The van der Waals surface area contributed by atoms with Gasteiger partial charge in [0.15, 0.2) is 11.5 Å². The second-order valence-electron chi connectivity index (χ2n) is 5.29. The maximum absolute atomic E-state index is 5.49. The molecule has 1 aliphatic heterocycles. The normalized spacial score (nSPS) is 13.3. The molecule has 5 nitrogen and oxygen atoms in total. The van der Waals surface area contributed by atoms with Crippen molar-refractivity contribution in [2.45, 2.75) is 0 Å². The Hall–Kier alpha value is -2.95. The van der Waals surface area contributed by atoms with Gasteiger partial charge in [0, 0.05) is 16.8 Å². The van der Waals surface area contributed by atoms with Gasteiger partial charge < -0.3 is 19.2 Å². The molecule has 4 aromatic rings. The minimum Gasteiger partial charge on any atom is -0.496 e. The summed E-state index contributed by atoms with van der Waals surface area (Å²) in [5, 5.41) is 3.11. The molecule has 0 aliphatic carbocycles. The predicted octanol–water partition coefficient (Wildman–Crippen LogP) is 3.61. The monoisotopic (exact) mass is 292 g/mol. The molecule has 1 aliphatic rings. The molecule has 0 unspecified atom stereocenters. The van der Waals surface area contributed by atoms with Crippen molar-refractivity contribution >= 4 is 32.8 Å². The second-order valence-corrected chi connectivity index (χ2v) is 5.29. The number of hydrogen-bond acceptors (Lipinski definition) is 4. The van der Waals surface area contributed by atoms with E-state index in [1.54, 1.807) is 7.11 Å². The fourth-order valence-electron chi connectivity index (χ4n) is 3.06. The summed E-state index contributed by atoms with van der Waals surface area (Å²) in [4.78, 5) is 8.07. The third-order valence-electron chi connectivity index (χ3n) is 4.08. The summed E-state index contributed by atoms with van der Waals surface area (Å²) in [5.41, 5.74) is 2.73. The van der Waals surface area contributed by atoms with Crippen LogP contribution in [-0.2, 0) is 0 Å². The number of nitrogens with one attached hydrogen (secondary N) is 1. The summed E-state index contributed by atoms with van der Waals surface area (Å²) in [6, 6.07) is 11.9. The zero-order valence-electron chi connectivity index (χ0n) is 11.8. The van der Waals surface area contributed by atoms with Gasteiger partial charge in [-0.3, -0.25) is 0 Å². The lowest BCUT2D eigenvalue weighted by Crippen LogP contribution is -1.92. The number of H-pyrrole nitrogens is 1. The van der Waals surface area contributed by atoms with Crippen molar-refractivity contribution in [3.8, 4) is 17.2 Å². The standard InChI is InChI=1S/C17H12N2O3/c1-20-13-4-2-3-11-16(13)10-5-9-6-14-15(22-8-21-14)7-12(9)19-17(10)18-11/h2-7H,8H2,1H3,(H,18,19). The number of aromatic nitrogens is 2. The molecule has 0 saturated carbocycles. The Kier molecular flexibility index (Phi) is 2.14. The number of nitrogens with zero attached hydrogens (tertiary/aromatic N) is 1. The molecule has 0 bridgehead atoms. The summed E-state index contributed by atoms with van der Waals surface area (Å²) < 4.78 is 16.4. The molecule has 0 atom stereocenters. The van der Waals surface area contributed by atoms with Crippen LogP contribution in [-0.4, -0.2) is 23.9 Å². The van der Waals surface area contributed by atoms with Crippen molar-refractivity contribution < 1.29 is 14.2 Å². The Morgan fingerprint density at radius 2 is 2.00 bits per heavy atom. The van der Waals surface area contributed by atoms with Crippen LogP contribution in [0.2, 0.25) is 0 Å². The van der Waals surface area contributed by atoms with Crippen LogP contribution in [0.15, 0.2) is 36.4 Å². The van der Waals surface area contributed by atoms with Crippen LogP contribution in [0.25, 0.3) is 32.8 Å². The fourth-order valence-corrected chi connectivity index (χ4v) is 3.06. The van der Waals surface area contributed by atoms with E-state index in [-0.39, 0.29) is 6.79 Å². The number of hydrogen-bond donors (Lipinski definition) is 1. The summed E-state index contributed by atoms with van der Waals surface area (Å²) in [7, 11) is 1.68. The van der Waals surface area contributed by atoms with Crippen LogP contribution in [0.5, 0.6) is 17.2 Å². The third kappa shape index (κ3) is 1.45. The highest BCUT2D eigenvalue weighted by molar-refractivity contribution is 6.12. The van der Waals surface area contributed by atoms with Gasteiger partial charge >= 0.3 is 0 Å². The van der Waals surface area contributed by atoms with Crippen LogP contribution in [0.3, 0.4) is 0 Å². The first-order valence-corrected chi connectivity index (χ1v) is 7.02.